The molecule has 0 saturated carbocycles. The number of likely N-dealkylation sites (N-methyl/N-ethyl adjacent to an activating group) is 1. The van der Waals surface area contributed by atoms with Crippen molar-refractivity contribution in [3.05, 3.63) is 60.2 Å². The Morgan fingerprint density at radius 3 is 2.86 bits per heavy atom. The summed E-state index contributed by atoms with van der Waals surface area (Å²) in [4.78, 5) is 17.8. The molecule has 0 radical (unpaired) electrons. The molecule has 0 bridgehead atoms. The second-order valence-corrected chi connectivity index (χ2v) is 4.77. The molecule has 2 rings (SSSR count). The number of ether oxygens (including phenoxy) is 1. The van der Waals surface area contributed by atoms with Crippen molar-refractivity contribution in [2.75, 3.05) is 7.05 Å². The third kappa shape index (κ3) is 4.27. The van der Waals surface area contributed by atoms with Crippen LogP contribution in [0.25, 0.3) is 0 Å². The molecule has 2 aromatic rings. The summed E-state index contributed by atoms with van der Waals surface area (Å²) in [5.74, 6) is -0.232. The molecule has 1 amide bonds. The molecule has 4 nitrogen and oxygen atoms in total. The average molecular weight is 288 g/mol. The van der Waals surface area contributed by atoms with Crippen LogP contribution in [0, 0.1) is 5.82 Å². The Morgan fingerprint density at radius 2 is 2.19 bits per heavy atom. The van der Waals surface area contributed by atoms with Crippen LogP contribution in [0.1, 0.15) is 12.5 Å². The molecule has 0 N–H and O–H groups in total. The highest BCUT2D eigenvalue weighted by molar-refractivity contribution is 5.80. The fourth-order valence-electron chi connectivity index (χ4n) is 1.95. The molecule has 0 aliphatic carbocycles. The lowest BCUT2D eigenvalue weighted by Gasteiger charge is -2.22. The van der Waals surface area contributed by atoms with E-state index in [2.05, 4.69) is 4.98 Å². The Labute approximate surface area is 123 Å². The lowest BCUT2D eigenvalue weighted by atomic mass is 10.2. The number of nitrogens with zero attached hydrogens (tertiary/aromatic N) is 2. The van der Waals surface area contributed by atoms with Crippen molar-refractivity contribution >= 4 is 5.91 Å². The van der Waals surface area contributed by atoms with Gasteiger partial charge in [0, 0.05) is 32.1 Å². The molecule has 0 aliphatic rings. The van der Waals surface area contributed by atoms with E-state index in [4.69, 9.17) is 4.74 Å². The quantitative estimate of drug-likeness (QED) is 0.849. The van der Waals surface area contributed by atoms with Crippen LogP contribution in [-0.2, 0) is 11.3 Å². The second-order valence-electron chi connectivity index (χ2n) is 4.77. The largest absolute Gasteiger partial charge is 0.481 e. The fraction of sp³-hybridized carbons (Fsp3) is 0.250. The van der Waals surface area contributed by atoms with Gasteiger partial charge in [0.05, 0.1) is 0 Å². The number of carbonyl (C=O) groups is 1. The highest BCUT2D eigenvalue weighted by Crippen LogP contribution is 2.15. The van der Waals surface area contributed by atoms with E-state index in [0.717, 1.165) is 5.56 Å². The summed E-state index contributed by atoms with van der Waals surface area (Å²) in [6, 6.07) is 9.46. The zero-order valence-corrected chi connectivity index (χ0v) is 12.0. The van der Waals surface area contributed by atoms with Crippen LogP contribution >= 0.6 is 0 Å². The van der Waals surface area contributed by atoms with E-state index in [0.29, 0.717) is 12.3 Å². The smallest absolute Gasteiger partial charge is 0.263 e. The number of pyridine rings is 1. The van der Waals surface area contributed by atoms with Crippen LogP contribution in [0.5, 0.6) is 5.75 Å². The molecule has 21 heavy (non-hydrogen) atoms. The summed E-state index contributed by atoms with van der Waals surface area (Å²) in [5.41, 5.74) is 0.936. The summed E-state index contributed by atoms with van der Waals surface area (Å²) in [5, 5.41) is 0. The Kier molecular flexibility index (Phi) is 4.87. The van der Waals surface area contributed by atoms with E-state index in [9.17, 15) is 9.18 Å². The number of halogens is 1. The number of hydrogen-bond donors (Lipinski definition) is 0. The van der Waals surface area contributed by atoms with Gasteiger partial charge in [-0.05, 0) is 30.7 Å². The van der Waals surface area contributed by atoms with Gasteiger partial charge in [-0.25, -0.2) is 4.39 Å². The van der Waals surface area contributed by atoms with Crippen LogP contribution in [0.3, 0.4) is 0 Å². The van der Waals surface area contributed by atoms with Crippen molar-refractivity contribution in [3.63, 3.8) is 0 Å². The molecule has 0 aliphatic heterocycles. The second kappa shape index (κ2) is 6.83. The summed E-state index contributed by atoms with van der Waals surface area (Å²) >= 11 is 0. The van der Waals surface area contributed by atoms with E-state index >= 15 is 0 Å². The molecule has 1 aromatic carbocycles. The minimum Gasteiger partial charge on any atom is -0.481 e. The summed E-state index contributed by atoms with van der Waals surface area (Å²) in [6.07, 6.45) is 2.71. The first-order valence-electron chi connectivity index (χ1n) is 6.62. The Hall–Kier alpha value is -2.43. The SMILES string of the molecule is CC(Oc1cccc(F)c1)C(=O)N(C)Cc1cccnc1. The van der Waals surface area contributed by atoms with Crippen molar-refractivity contribution in [3.8, 4) is 5.75 Å². The van der Waals surface area contributed by atoms with Crippen LogP contribution in [0.2, 0.25) is 0 Å². The first kappa shape index (κ1) is 15.0. The van der Waals surface area contributed by atoms with Gasteiger partial charge >= 0.3 is 0 Å². The van der Waals surface area contributed by atoms with Gasteiger partial charge in [0.1, 0.15) is 11.6 Å². The molecule has 0 saturated heterocycles. The van der Waals surface area contributed by atoms with Crippen molar-refractivity contribution in [1.82, 2.24) is 9.88 Å². The van der Waals surface area contributed by atoms with Gasteiger partial charge in [0.2, 0.25) is 0 Å². The normalized spacial score (nSPS) is 11.8. The number of hydrogen-bond acceptors (Lipinski definition) is 3. The fourth-order valence-corrected chi connectivity index (χ4v) is 1.95. The van der Waals surface area contributed by atoms with Crippen LogP contribution < -0.4 is 4.74 Å². The predicted molar refractivity (Wildman–Crippen MR) is 77.2 cm³/mol. The Morgan fingerprint density at radius 1 is 1.38 bits per heavy atom. The number of amides is 1. The standard InChI is InChI=1S/C16H17FN2O2/c1-12(21-15-7-3-6-14(17)9-15)16(20)19(2)11-13-5-4-8-18-10-13/h3-10,12H,11H2,1-2H3. The van der Waals surface area contributed by atoms with Gasteiger partial charge < -0.3 is 9.64 Å². The maximum absolute atomic E-state index is 13.1. The molecular weight excluding hydrogens is 271 g/mol. The third-order valence-electron chi connectivity index (χ3n) is 2.98. The minimum absolute atomic E-state index is 0.178. The van der Waals surface area contributed by atoms with Gasteiger partial charge in [-0.15, -0.1) is 0 Å². The monoisotopic (exact) mass is 288 g/mol. The molecule has 0 fully saturated rings. The maximum atomic E-state index is 13.1. The van der Waals surface area contributed by atoms with Gasteiger partial charge in [0.25, 0.3) is 5.91 Å². The van der Waals surface area contributed by atoms with Gasteiger partial charge in [-0.2, -0.15) is 0 Å². The van der Waals surface area contributed by atoms with E-state index in [1.165, 1.54) is 12.1 Å². The number of carbonyl (C=O) groups excluding carboxylic acids is 1. The van der Waals surface area contributed by atoms with Crippen molar-refractivity contribution < 1.29 is 13.9 Å². The van der Waals surface area contributed by atoms with Crippen molar-refractivity contribution in [1.29, 1.82) is 0 Å². The van der Waals surface area contributed by atoms with Crippen LogP contribution in [-0.4, -0.2) is 28.9 Å². The molecule has 5 heteroatoms. The molecule has 1 unspecified atom stereocenters. The molecular formula is C16H17FN2O2. The molecule has 1 heterocycles. The van der Waals surface area contributed by atoms with E-state index < -0.39 is 11.9 Å². The molecule has 0 spiro atoms. The van der Waals surface area contributed by atoms with E-state index in [-0.39, 0.29) is 5.91 Å². The summed E-state index contributed by atoms with van der Waals surface area (Å²) in [7, 11) is 1.70. The maximum Gasteiger partial charge on any atom is 0.263 e. The lowest BCUT2D eigenvalue weighted by Crippen LogP contribution is -2.37. The Bertz CT molecular complexity index is 604. The van der Waals surface area contributed by atoms with Crippen LogP contribution in [0.15, 0.2) is 48.8 Å². The number of aromatic nitrogens is 1. The minimum atomic E-state index is -0.687. The number of benzene rings is 1. The van der Waals surface area contributed by atoms with Gasteiger partial charge in [-0.3, -0.25) is 9.78 Å². The first-order valence-corrected chi connectivity index (χ1v) is 6.62. The number of rotatable bonds is 5. The highest BCUT2D eigenvalue weighted by atomic mass is 19.1. The summed E-state index contributed by atoms with van der Waals surface area (Å²) < 4.78 is 18.6. The van der Waals surface area contributed by atoms with Gasteiger partial charge in [-0.1, -0.05) is 12.1 Å². The topological polar surface area (TPSA) is 42.4 Å². The van der Waals surface area contributed by atoms with E-state index in [1.54, 1.807) is 43.4 Å². The zero-order valence-electron chi connectivity index (χ0n) is 12.0. The molecule has 110 valence electrons. The van der Waals surface area contributed by atoms with Crippen molar-refractivity contribution in [2.45, 2.75) is 19.6 Å². The molecule has 1 aromatic heterocycles. The van der Waals surface area contributed by atoms with Gasteiger partial charge in [0.15, 0.2) is 6.10 Å². The lowest BCUT2D eigenvalue weighted by molar-refractivity contribution is -0.137. The Balaban J connectivity index is 1.95. The summed E-state index contributed by atoms with van der Waals surface area (Å²) in [6.45, 7) is 2.09. The third-order valence-corrected chi connectivity index (χ3v) is 2.98. The van der Waals surface area contributed by atoms with Crippen molar-refractivity contribution in [2.24, 2.45) is 0 Å². The molecule has 1 atom stereocenters. The zero-order chi connectivity index (χ0) is 15.2. The predicted octanol–water partition coefficient (Wildman–Crippen LogP) is 2.65. The average Bonchev–Trinajstić information content (AvgIpc) is 2.47. The first-order chi connectivity index (χ1) is 10.1. The highest BCUT2D eigenvalue weighted by Gasteiger charge is 2.19. The van der Waals surface area contributed by atoms with E-state index in [1.807, 2.05) is 12.1 Å². The van der Waals surface area contributed by atoms with Crippen LogP contribution in [0.4, 0.5) is 4.39 Å².